The van der Waals surface area contributed by atoms with E-state index in [9.17, 15) is 0 Å². The molecule has 0 aromatic heterocycles. The third kappa shape index (κ3) is 5.78. The highest BCUT2D eigenvalue weighted by Crippen LogP contribution is 2.65. The molecule has 0 saturated heterocycles. The van der Waals surface area contributed by atoms with Crippen LogP contribution in [-0.2, 0) is 27.1 Å². The van der Waals surface area contributed by atoms with Crippen molar-refractivity contribution in [1.82, 2.24) is 0 Å². The van der Waals surface area contributed by atoms with Gasteiger partial charge in [-0.3, -0.25) is 0 Å². The second-order valence-corrected chi connectivity index (χ2v) is 22.5. The molecule has 0 radical (unpaired) electrons. The molecule has 0 N–H and O–H groups in total. The lowest BCUT2D eigenvalue weighted by Crippen LogP contribution is -2.34. The van der Waals surface area contributed by atoms with Crippen LogP contribution in [0.2, 0.25) is 0 Å². The molecule has 0 bridgehead atoms. The van der Waals surface area contributed by atoms with Crippen molar-refractivity contribution < 1.29 is 0 Å². The van der Waals surface area contributed by atoms with E-state index in [2.05, 4.69) is 236 Å². The fourth-order valence-corrected chi connectivity index (χ4v) is 13.1. The van der Waals surface area contributed by atoms with Crippen molar-refractivity contribution in [2.45, 2.75) is 108 Å². The molecule has 0 atom stereocenters. The quantitative estimate of drug-likeness (QED) is 0.167. The molecular weight excluding hydrogens is 795 g/mol. The Morgan fingerprint density at radius 3 is 1.41 bits per heavy atom. The van der Waals surface area contributed by atoms with Crippen molar-refractivity contribution in [2.24, 2.45) is 0 Å². The largest absolute Gasteiger partial charge is 0.310 e. The van der Waals surface area contributed by atoms with Crippen LogP contribution in [-0.4, -0.2) is 0 Å². The van der Waals surface area contributed by atoms with Gasteiger partial charge in [-0.15, -0.1) is 0 Å². The fraction of sp³-hybridized carbons (Fsp3) is 0.262. The maximum Gasteiger partial charge on any atom is 0.0726 e. The standard InChI is InChI=1S/C65H61N/c1-61(2)35-36-63(5,6)57-39-44(31-33-54(57)61)66(43-23-13-10-14-24-43)58-41-56-49(48-27-17-20-30-53(48)65(56)51-28-18-15-25-46(51)47-26-16-19-29-52(47)65)40-50(58)59-45(42-21-11-9-12-22-42)32-34-55-60(59)64(7,8)38-37-62(55,3)4/h9-34,39-41H,35-38H2,1-8H3. The third-order valence-electron chi connectivity index (χ3n) is 16.8. The number of hydrogen-bond acceptors (Lipinski definition) is 1. The van der Waals surface area contributed by atoms with Gasteiger partial charge in [-0.25, -0.2) is 0 Å². The van der Waals surface area contributed by atoms with E-state index in [1.807, 2.05) is 0 Å². The lowest BCUT2D eigenvalue weighted by atomic mass is 9.60. The van der Waals surface area contributed by atoms with Gasteiger partial charge in [-0.2, -0.15) is 0 Å². The minimum absolute atomic E-state index is 0.0234. The van der Waals surface area contributed by atoms with Crippen molar-refractivity contribution in [3.8, 4) is 44.5 Å². The summed E-state index contributed by atoms with van der Waals surface area (Å²) >= 11 is 0. The lowest BCUT2D eigenvalue weighted by Gasteiger charge is -2.44. The summed E-state index contributed by atoms with van der Waals surface area (Å²) in [6.07, 6.45) is 4.62. The maximum atomic E-state index is 2.65. The number of hydrogen-bond donors (Lipinski definition) is 0. The zero-order chi connectivity index (χ0) is 45.4. The third-order valence-corrected chi connectivity index (χ3v) is 16.8. The number of fused-ring (bicyclic) bond motifs is 12. The summed E-state index contributed by atoms with van der Waals surface area (Å²) in [4.78, 5) is 2.63. The number of anilines is 3. The summed E-state index contributed by atoms with van der Waals surface area (Å²) in [6, 6.07) is 67.9. The van der Waals surface area contributed by atoms with Crippen LogP contribution in [0.5, 0.6) is 0 Å². The molecule has 66 heavy (non-hydrogen) atoms. The van der Waals surface area contributed by atoms with Gasteiger partial charge in [0.15, 0.2) is 0 Å². The first kappa shape index (κ1) is 41.0. The van der Waals surface area contributed by atoms with Crippen LogP contribution in [0.4, 0.5) is 17.1 Å². The molecule has 4 aliphatic rings. The van der Waals surface area contributed by atoms with Gasteiger partial charge in [0.2, 0.25) is 0 Å². The summed E-state index contributed by atoms with van der Waals surface area (Å²) in [5.74, 6) is 0. The van der Waals surface area contributed by atoms with Crippen molar-refractivity contribution >= 4 is 17.1 Å². The Hall–Kier alpha value is -6.44. The van der Waals surface area contributed by atoms with E-state index in [4.69, 9.17) is 0 Å². The first-order valence-corrected chi connectivity index (χ1v) is 24.4. The Bertz CT molecular complexity index is 3210. The minimum Gasteiger partial charge on any atom is -0.310 e. The molecular formula is C65H61N. The molecule has 0 aliphatic heterocycles. The highest BCUT2D eigenvalue weighted by molar-refractivity contribution is 6.03. The zero-order valence-corrected chi connectivity index (χ0v) is 40.0. The maximum absolute atomic E-state index is 2.65. The Kier molecular flexibility index (Phi) is 8.88. The van der Waals surface area contributed by atoms with Crippen LogP contribution in [0.15, 0.2) is 176 Å². The van der Waals surface area contributed by atoms with E-state index in [0.717, 1.165) is 24.9 Å². The molecule has 1 nitrogen and oxygen atoms in total. The predicted octanol–water partition coefficient (Wildman–Crippen LogP) is 17.5. The number of para-hydroxylation sites is 1. The molecule has 0 fully saturated rings. The average Bonchev–Trinajstić information content (AvgIpc) is 3.79. The number of nitrogens with zero attached hydrogens (tertiary/aromatic N) is 1. The SMILES string of the molecule is CC1(C)CCC(C)(C)c2cc(N(c3ccccc3)c3cc4c(cc3-c3c(-c5ccccc5)ccc5c3C(C)(C)CCC5(C)C)-c3ccccc3C43c4ccccc4-c4ccccc43)ccc21. The highest BCUT2D eigenvalue weighted by Gasteiger charge is 2.52. The zero-order valence-electron chi connectivity index (χ0n) is 40.0. The Labute approximate surface area is 393 Å². The van der Waals surface area contributed by atoms with E-state index in [0.29, 0.717) is 0 Å². The Morgan fingerprint density at radius 1 is 0.318 bits per heavy atom. The number of benzene rings is 8. The molecule has 0 amide bonds. The van der Waals surface area contributed by atoms with Crippen molar-refractivity contribution in [2.75, 3.05) is 4.90 Å². The summed E-state index contributed by atoms with van der Waals surface area (Å²) in [5, 5.41) is 0. The fourth-order valence-electron chi connectivity index (χ4n) is 13.1. The van der Waals surface area contributed by atoms with Gasteiger partial charge in [0.05, 0.1) is 11.1 Å². The van der Waals surface area contributed by atoms with Crippen LogP contribution >= 0.6 is 0 Å². The Morgan fingerprint density at radius 2 is 0.803 bits per heavy atom. The topological polar surface area (TPSA) is 3.24 Å². The average molecular weight is 856 g/mol. The van der Waals surface area contributed by atoms with E-state index in [1.165, 1.54) is 107 Å². The molecule has 1 heteroatoms. The molecule has 8 aromatic rings. The first-order chi connectivity index (χ1) is 31.7. The van der Waals surface area contributed by atoms with Gasteiger partial charge in [0, 0.05) is 16.9 Å². The van der Waals surface area contributed by atoms with Gasteiger partial charge in [0.25, 0.3) is 0 Å². The molecule has 326 valence electrons. The van der Waals surface area contributed by atoms with Crippen LogP contribution < -0.4 is 4.90 Å². The van der Waals surface area contributed by atoms with Crippen LogP contribution in [0.3, 0.4) is 0 Å². The van der Waals surface area contributed by atoms with Gasteiger partial charge >= 0.3 is 0 Å². The molecule has 8 aromatic carbocycles. The van der Waals surface area contributed by atoms with E-state index < -0.39 is 5.41 Å². The summed E-state index contributed by atoms with van der Waals surface area (Å²) < 4.78 is 0. The van der Waals surface area contributed by atoms with Crippen molar-refractivity contribution in [3.05, 3.63) is 220 Å². The van der Waals surface area contributed by atoms with Crippen LogP contribution in [0, 0.1) is 0 Å². The van der Waals surface area contributed by atoms with Crippen molar-refractivity contribution in [3.63, 3.8) is 0 Å². The second kappa shape index (κ2) is 14.3. The second-order valence-electron chi connectivity index (χ2n) is 22.5. The monoisotopic (exact) mass is 855 g/mol. The minimum atomic E-state index is -0.490. The van der Waals surface area contributed by atoms with Crippen LogP contribution in [0.25, 0.3) is 44.5 Å². The van der Waals surface area contributed by atoms with Gasteiger partial charge in [-0.05, 0) is 167 Å². The molecule has 1 spiro atoms. The van der Waals surface area contributed by atoms with Gasteiger partial charge < -0.3 is 4.90 Å². The highest BCUT2D eigenvalue weighted by atomic mass is 15.1. The normalized spacial score (nSPS) is 18.1. The molecule has 0 saturated carbocycles. The van der Waals surface area contributed by atoms with Crippen LogP contribution in [0.1, 0.15) is 126 Å². The molecule has 12 rings (SSSR count). The molecule has 0 heterocycles. The smallest absolute Gasteiger partial charge is 0.0726 e. The van der Waals surface area contributed by atoms with E-state index >= 15 is 0 Å². The first-order valence-electron chi connectivity index (χ1n) is 24.4. The summed E-state index contributed by atoms with van der Waals surface area (Å²) in [5.41, 5.74) is 25.0. The summed E-state index contributed by atoms with van der Waals surface area (Å²) in [6.45, 7) is 19.7. The van der Waals surface area contributed by atoms with E-state index in [-0.39, 0.29) is 21.7 Å². The molecule has 4 aliphatic carbocycles. The molecule has 0 unspecified atom stereocenters. The summed E-state index contributed by atoms with van der Waals surface area (Å²) in [7, 11) is 0. The Balaban J connectivity index is 1.27. The van der Waals surface area contributed by atoms with Crippen molar-refractivity contribution in [1.29, 1.82) is 0 Å². The van der Waals surface area contributed by atoms with E-state index in [1.54, 1.807) is 0 Å². The lowest BCUT2D eigenvalue weighted by molar-refractivity contribution is 0.332. The van der Waals surface area contributed by atoms with Gasteiger partial charge in [0.1, 0.15) is 0 Å². The number of rotatable bonds is 5. The van der Waals surface area contributed by atoms with Gasteiger partial charge in [-0.1, -0.05) is 195 Å². The predicted molar refractivity (Wildman–Crippen MR) is 279 cm³/mol.